The first kappa shape index (κ1) is 21.6. The minimum absolute atomic E-state index is 0.0305. The van der Waals surface area contributed by atoms with Crippen LogP contribution in [0.3, 0.4) is 0 Å². The number of alkyl halides is 2. The quantitative estimate of drug-likeness (QED) is 0.482. The van der Waals surface area contributed by atoms with Gasteiger partial charge in [0.05, 0.1) is 35.0 Å². The van der Waals surface area contributed by atoms with Crippen LogP contribution in [0.25, 0.3) is 22.0 Å². The van der Waals surface area contributed by atoms with Gasteiger partial charge in [-0.25, -0.2) is 23.1 Å². The van der Waals surface area contributed by atoms with Crippen LogP contribution in [0.4, 0.5) is 19.0 Å². The van der Waals surface area contributed by atoms with E-state index in [1.165, 1.54) is 17.0 Å². The van der Waals surface area contributed by atoms with Crippen molar-refractivity contribution < 1.29 is 22.7 Å². The third kappa shape index (κ3) is 4.14. The van der Waals surface area contributed by atoms with Crippen molar-refractivity contribution >= 4 is 45.9 Å². The number of ether oxygens (including phenoxy) is 1. The Morgan fingerprint density at radius 3 is 2.68 bits per heavy atom. The molecular weight excluding hydrogens is 454 g/mol. The Hall–Kier alpha value is -2.58. The Bertz CT molecular complexity index is 1180. The van der Waals surface area contributed by atoms with Gasteiger partial charge in [-0.2, -0.15) is 0 Å². The van der Waals surface area contributed by atoms with E-state index in [1.807, 2.05) is 0 Å². The first-order valence-electron chi connectivity index (χ1n) is 9.29. The maximum Gasteiger partial charge on any atom is 0.310 e. The zero-order valence-corrected chi connectivity index (χ0v) is 17.7. The predicted molar refractivity (Wildman–Crippen MR) is 112 cm³/mol. The number of hydrogen-bond donors (Lipinski definition) is 0. The van der Waals surface area contributed by atoms with Gasteiger partial charge in [-0.15, -0.1) is 0 Å². The molecule has 0 N–H and O–H groups in total. The second-order valence-corrected chi connectivity index (χ2v) is 8.12. The second kappa shape index (κ2) is 8.16. The third-order valence-electron chi connectivity index (χ3n) is 5.19. The molecule has 0 amide bonds. The van der Waals surface area contributed by atoms with Gasteiger partial charge in [0.15, 0.2) is 0 Å². The molecule has 3 aromatic rings. The summed E-state index contributed by atoms with van der Waals surface area (Å²) in [5.41, 5.74) is 1.05. The van der Waals surface area contributed by atoms with Gasteiger partial charge in [0.25, 0.3) is 5.92 Å². The molecule has 1 fully saturated rings. The van der Waals surface area contributed by atoms with Crippen LogP contribution in [0.2, 0.25) is 10.0 Å². The molecule has 1 atom stereocenters. The molecule has 1 unspecified atom stereocenters. The Labute approximate surface area is 185 Å². The summed E-state index contributed by atoms with van der Waals surface area (Å²) in [5, 5.41) is 0.859. The second-order valence-electron chi connectivity index (χ2n) is 7.31. The molecule has 0 radical (unpaired) electrons. The van der Waals surface area contributed by atoms with Crippen LogP contribution in [0, 0.1) is 11.7 Å². The van der Waals surface area contributed by atoms with Gasteiger partial charge >= 0.3 is 5.97 Å². The Morgan fingerprint density at radius 1 is 1.19 bits per heavy atom. The van der Waals surface area contributed by atoms with E-state index in [1.54, 1.807) is 18.2 Å². The number of fused-ring (bicyclic) bond motifs is 1. The molecular formula is C21H16Cl2F3N3O2. The number of carbonyl (C=O) groups excluding carboxylic acids is 1. The number of carbonyl (C=O) groups is 1. The zero-order chi connectivity index (χ0) is 22.3. The molecule has 162 valence electrons. The smallest absolute Gasteiger partial charge is 0.310 e. The maximum absolute atomic E-state index is 14.6. The molecule has 31 heavy (non-hydrogen) atoms. The zero-order valence-electron chi connectivity index (χ0n) is 16.2. The van der Waals surface area contributed by atoms with Gasteiger partial charge < -0.3 is 9.64 Å². The molecule has 2 heterocycles. The van der Waals surface area contributed by atoms with Crippen molar-refractivity contribution in [3.63, 3.8) is 0 Å². The molecule has 1 saturated heterocycles. The molecule has 2 aromatic carbocycles. The molecule has 4 rings (SSSR count). The minimum atomic E-state index is -3.16. The van der Waals surface area contributed by atoms with E-state index in [2.05, 4.69) is 14.7 Å². The average Bonchev–Trinajstić information content (AvgIpc) is 2.74. The van der Waals surface area contributed by atoms with Gasteiger partial charge in [-0.3, -0.25) is 4.79 Å². The Morgan fingerprint density at radius 2 is 1.97 bits per heavy atom. The maximum atomic E-state index is 14.6. The van der Waals surface area contributed by atoms with Crippen LogP contribution >= 0.6 is 23.2 Å². The summed E-state index contributed by atoms with van der Waals surface area (Å²) < 4.78 is 48.3. The van der Waals surface area contributed by atoms with E-state index in [4.69, 9.17) is 23.2 Å². The van der Waals surface area contributed by atoms with Gasteiger partial charge in [-0.1, -0.05) is 35.3 Å². The van der Waals surface area contributed by atoms with Crippen molar-refractivity contribution in [1.29, 1.82) is 0 Å². The fourth-order valence-electron chi connectivity index (χ4n) is 3.85. The van der Waals surface area contributed by atoms with Crippen molar-refractivity contribution in [2.45, 2.75) is 12.3 Å². The molecule has 0 spiro atoms. The van der Waals surface area contributed by atoms with Crippen LogP contribution in [-0.4, -0.2) is 42.1 Å². The van der Waals surface area contributed by atoms with E-state index in [0.29, 0.717) is 16.1 Å². The molecule has 5 nitrogen and oxygen atoms in total. The van der Waals surface area contributed by atoms with Crippen molar-refractivity contribution in [3.8, 4) is 11.1 Å². The Balaban J connectivity index is 1.91. The Kier molecular flexibility index (Phi) is 5.70. The van der Waals surface area contributed by atoms with Crippen LogP contribution in [0.1, 0.15) is 6.42 Å². The molecule has 1 aromatic heterocycles. The van der Waals surface area contributed by atoms with Crippen LogP contribution in [0.15, 0.2) is 36.7 Å². The summed E-state index contributed by atoms with van der Waals surface area (Å²) in [6.07, 6.45) is 0.479. The van der Waals surface area contributed by atoms with E-state index in [-0.39, 0.29) is 28.3 Å². The van der Waals surface area contributed by atoms with Crippen LogP contribution in [-0.2, 0) is 9.53 Å². The third-order valence-corrected chi connectivity index (χ3v) is 5.93. The van der Waals surface area contributed by atoms with E-state index in [0.717, 1.165) is 13.4 Å². The molecule has 0 saturated carbocycles. The monoisotopic (exact) mass is 469 g/mol. The molecule has 1 aliphatic heterocycles. The number of anilines is 1. The van der Waals surface area contributed by atoms with Crippen molar-refractivity contribution in [2.75, 3.05) is 25.1 Å². The summed E-state index contributed by atoms with van der Waals surface area (Å²) in [4.78, 5) is 21.5. The number of nitrogens with zero attached hydrogens (tertiary/aromatic N) is 3. The summed E-state index contributed by atoms with van der Waals surface area (Å²) in [5.74, 6) is -5.49. The standard InChI is InChI=1S/C21H16Cl2F3N3O2/c1-31-20(30)12-7-21(25,26)9-29(8-12)19-17-13(11-2-4-14(22)15(23)6-11)3-5-16(24)18(17)27-10-28-19/h2-6,10,12H,7-9H2,1H3. The highest BCUT2D eigenvalue weighted by molar-refractivity contribution is 6.42. The highest BCUT2D eigenvalue weighted by Crippen LogP contribution is 2.40. The summed E-state index contributed by atoms with van der Waals surface area (Å²) >= 11 is 12.1. The number of benzene rings is 2. The highest BCUT2D eigenvalue weighted by Gasteiger charge is 2.44. The van der Waals surface area contributed by atoms with E-state index < -0.39 is 36.6 Å². The van der Waals surface area contributed by atoms with Crippen LogP contribution in [0.5, 0.6) is 0 Å². The van der Waals surface area contributed by atoms with Gasteiger partial charge in [0, 0.05) is 13.0 Å². The average molecular weight is 470 g/mol. The fourth-order valence-corrected chi connectivity index (χ4v) is 4.15. The van der Waals surface area contributed by atoms with Crippen molar-refractivity contribution in [1.82, 2.24) is 9.97 Å². The first-order chi connectivity index (χ1) is 14.7. The highest BCUT2D eigenvalue weighted by atomic mass is 35.5. The molecule has 10 heteroatoms. The largest absolute Gasteiger partial charge is 0.469 e. The number of aromatic nitrogens is 2. The van der Waals surface area contributed by atoms with Gasteiger partial charge in [0.2, 0.25) is 0 Å². The molecule has 0 bridgehead atoms. The SMILES string of the molecule is COC(=O)C1CN(c2ncnc3c(F)ccc(-c4ccc(Cl)c(Cl)c4)c23)CC(F)(F)C1. The molecule has 0 aliphatic carbocycles. The van der Waals surface area contributed by atoms with Crippen molar-refractivity contribution in [2.24, 2.45) is 5.92 Å². The number of rotatable bonds is 3. The fraction of sp³-hybridized carbons (Fsp3) is 0.286. The lowest BCUT2D eigenvalue weighted by molar-refractivity contribution is -0.150. The number of hydrogen-bond acceptors (Lipinski definition) is 5. The van der Waals surface area contributed by atoms with E-state index in [9.17, 15) is 18.0 Å². The normalized spacial score (nSPS) is 18.3. The first-order valence-corrected chi connectivity index (χ1v) is 10.0. The minimum Gasteiger partial charge on any atom is -0.469 e. The number of esters is 1. The molecule has 1 aliphatic rings. The topological polar surface area (TPSA) is 55.3 Å². The number of piperidine rings is 1. The lowest BCUT2D eigenvalue weighted by Gasteiger charge is -2.37. The summed E-state index contributed by atoms with van der Waals surface area (Å²) in [6, 6.07) is 7.60. The summed E-state index contributed by atoms with van der Waals surface area (Å²) in [7, 11) is 1.15. The van der Waals surface area contributed by atoms with Crippen LogP contribution < -0.4 is 4.90 Å². The van der Waals surface area contributed by atoms with Gasteiger partial charge in [-0.05, 0) is 29.3 Å². The number of methoxy groups -OCH3 is 1. The lowest BCUT2D eigenvalue weighted by atomic mass is 9.94. The van der Waals surface area contributed by atoms with E-state index >= 15 is 0 Å². The van der Waals surface area contributed by atoms with Gasteiger partial charge in [0.1, 0.15) is 23.5 Å². The van der Waals surface area contributed by atoms with Crippen molar-refractivity contribution in [3.05, 3.63) is 52.5 Å². The summed E-state index contributed by atoms with van der Waals surface area (Å²) in [6.45, 7) is -0.727. The lowest BCUT2D eigenvalue weighted by Crippen LogP contribution is -2.49. The predicted octanol–water partition coefficient (Wildman–Crippen LogP) is 5.38. The number of halogens is 5.